The van der Waals surface area contributed by atoms with Gasteiger partial charge in [0.2, 0.25) is 0 Å². The first-order chi connectivity index (χ1) is 9.78. The summed E-state index contributed by atoms with van der Waals surface area (Å²) < 4.78 is 16.3. The Bertz CT molecular complexity index is 560. The van der Waals surface area contributed by atoms with Gasteiger partial charge in [0.05, 0.1) is 12.6 Å². The summed E-state index contributed by atoms with van der Waals surface area (Å²) >= 11 is 0. The summed E-state index contributed by atoms with van der Waals surface area (Å²) in [6, 6.07) is 7.53. The van der Waals surface area contributed by atoms with Crippen molar-refractivity contribution in [2.45, 2.75) is 25.5 Å². The van der Waals surface area contributed by atoms with Gasteiger partial charge in [-0.05, 0) is 18.6 Å². The number of aromatic nitrogens is 2. The van der Waals surface area contributed by atoms with Gasteiger partial charge in [0.25, 0.3) is 5.89 Å². The zero-order valence-corrected chi connectivity index (χ0v) is 11.3. The molecule has 0 saturated heterocycles. The van der Waals surface area contributed by atoms with E-state index in [-0.39, 0.29) is 12.1 Å². The minimum atomic E-state index is -0.378. The highest BCUT2D eigenvalue weighted by Gasteiger charge is 2.29. The number of nitrogens with zero attached hydrogens (tertiary/aromatic N) is 2. The number of hydrogen-bond donors (Lipinski definition) is 1. The smallest absolute Gasteiger partial charge is 0.268 e. The third-order valence-electron chi connectivity index (χ3n) is 3.21. The number of ether oxygens (including phenoxy) is 2. The van der Waals surface area contributed by atoms with Crippen LogP contribution in [0.2, 0.25) is 0 Å². The number of nitrogens with two attached hydrogens (primary N) is 1. The van der Waals surface area contributed by atoms with Gasteiger partial charge in [-0.3, -0.25) is 0 Å². The maximum atomic E-state index is 5.93. The van der Waals surface area contributed by atoms with Gasteiger partial charge in [-0.15, -0.1) is 0 Å². The number of rotatable bonds is 5. The monoisotopic (exact) mass is 275 g/mol. The Labute approximate surface area is 116 Å². The molecule has 0 spiro atoms. The second-order valence-corrected chi connectivity index (χ2v) is 4.68. The zero-order chi connectivity index (χ0) is 13.9. The van der Waals surface area contributed by atoms with Crippen LogP contribution in [0, 0.1) is 0 Å². The predicted octanol–water partition coefficient (Wildman–Crippen LogP) is 1.78. The van der Waals surface area contributed by atoms with E-state index in [1.807, 2.05) is 31.2 Å². The van der Waals surface area contributed by atoms with Crippen molar-refractivity contribution < 1.29 is 14.0 Å². The second kappa shape index (κ2) is 5.60. The molecule has 0 aliphatic carbocycles. The van der Waals surface area contributed by atoms with Crippen LogP contribution in [0.5, 0.6) is 5.75 Å². The highest BCUT2D eigenvalue weighted by molar-refractivity contribution is 5.37. The summed E-state index contributed by atoms with van der Waals surface area (Å²) in [7, 11) is 0. The van der Waals surface area contributed by atoms with Crippen molar-refractivity contribution in [1.29, 1.82) is 0 Å². The molecule has 2 aromatic rings. The van der Waals surface area contributed by atoms with Crippen molar-refractivity contribution in [3.63, 3.8) is 0 Å². The molecule has 2 unspecified atom stereocenters. The summed E-state index contributed by atoms with van der Waals surface area (Å²) in [4.78, 5) is 4.32. The zero-order valence-electron chi connectivity index (χ0n) is 11.3. The summed E-state index contributed by atoms with van der Waals surface area (Å²) in [5.74, 6) is 1.78. The van der Waals surface area contributed by atoms with Crippen LogP contribution in [0.25, 0.3) is 0 Å². The van der Waals surface area contributed by atoms with E-state index in [4.69, 9.17) is 19.7 Å². The van der Waals surface area contributed by atoms with E-state index in [0.717, 1.165) is 17.7 Å². The molecule has 2 atom stereocenters. The van der Waals surface area contributed by atoms with Crippen LogP contribution in [-0.2, 0) is 11.2 Å². The molecular formula is C14H17N3O3. The Morgan fingerprint density at radius 1 is 1.45 bits per heavy atom. The van der Waals surface area contributed by atoms with E-state index in [9.17, 15) is 0 Å². The van der Waals surface area contributed by atoms with Crippen LogP contribution >= 0.6 is 0 Å². The Hall–Kier alpha value is -1.92. The molecule has 6 heteroatoms. The van der Waals surface area contributed by atoms with E-state index in [0.29, 0.717) is 24.9 Å². The molecule has 2 N–H and O–H groups in total. The Morgan fingerprint density at radius 3 is 3.10 bits per heavy atom. The molecule has 106 valence electrons. The van der Waals surface area contributed by atoms with Crippen LogP contribution in [0.15, 0.2) is 28.8 Å². The lowest BCUT2D eigenvalue weighted by molar-refractivity contribution is 0.130. The number of hydrogen-bond acceptors (Lipinski definition) is 6. The Balaban J connectivity index is 1.69. The fourth-order valence-electron chi connectivity index (χ4n) is 2.17. The number of fused-ring (bicyclic) bond motifs is 1. The molecule has 1 aromatic heterocycles. The maximum absolute atomic E-state index is 5.93. The molecule has 0 bridgehead atoms. The van der Waals surface area contributed by atoms with Crippen LogP contribution in [-0.4, -0.2) is 23.4 Å². The van der Waals surface area contributed by atoms with Gasteiger partial charge in [-0.1, -0.05) is 23.4 Å². The third kappa shape index (κ3) is 2.52. The Kier molecular flexibility index (Phi) is 3.66. The molecule has 6 nitrogen and oxygen atoms in total. The van der Waals surface area contributed by atoms with Crippen LogP contribution in [0.1, 0.15) is 36.3 Å². The first-order valence-corrected chi connectivity index (χ1v) is 6.69. The van der Waals surface area contributed by atoms with Crippen molar-refractivity contribution in [3.05, 3.63) is 41.5 Å². The Morgan fingerprint density at radius 2 is 2.30 bits per heavy atom. The van der Waals surface area contributed by atoms with Gasteiger partial charge < -0.3 is 19.7 Å². The van der Waals surface area contributed by atoms with E-state index in [2.05, 4.69) is 10.1 Å². The molecule has 0 fully saturated rings. The average Bonchev–Trinajstić information content (AvgIpc) is 3.10. The fourth-order valence-corrected chi connectivity index (χ4v) is 2.17. The van der Waals surface area contributed by atoms with E-state index in [1.165, 1.54) is 0 Å². The van der Waals surface area contributed by atoms with Gasteiger partial charge in [-0.2, -0.15) is 4.98 Å². The predicted molar refractivity (Wildman–Crippen MR) is 71.2 cm³/mol. The lowest BCUT2D eigenvalue weighted by Gasteiger charge is -2.06. The van der Waals surface area contributed by atoms with Crippen LogP contribution < -0.4 is 10.5 Å². The van der Waals surface area contributed by atoms with Gasteiger partial charge in [0, 0.05) is 13.0 Å². The van der Waals surface area contributed by atoms with E-state index >= 15 is 0 Å². The fraction of sp³-hybridized carbons (Fsp3) is 0.429. The molecule has 1 aliphatic rings. The summed E-state index contributed by atoms with van der Waals surface area (Å²) in [5, 5.41) is 3.91. The molecule has 20 heavy (non-hydrogen) atoms. The first kappa shape index (κ1) is 13.1. The molecule has 1 aliphatic heterocycles. The second-order valence-electron chi connectivity index (χ2n) is 4.68. The SMILES string of the molecule is CCOCC(N)c1noc(C2Cc3ccccc3O2)n1. The minimum absolute atomic E-state index is 0.229. The van der Waals surface area contributed by atoms with Gasteiger partial charge in [-0.25, -0.2) is 0 Å². The number of benzene rings is 1. The standard InChI is InChI=1S/C14H17N3O3/c1-2-18-8-10(15)13-16-14(20-17-13)12-7-9-5-3-4-6-11(9)19-12/h3-6,10,12H,2,7-8,15H2,1H3. The lowest BCUT2D eigenvalue weighted by Crippen LogP contribution is -2.18. The van der Waals surface area contributed by atoms with Crippen LogP contribution in [0.4, 0.5) is 0 Å². The lowest BCUT2D eigenvalue weighted by atomic mass is 10.1. The largest absolute Gasteiger partial charge is 0.480 e. The highest BCUT2D eigenvalue weighted by Crippen LogP contribution is 2.35. The topological polar surface area (TPSA) is 83.4 Å². The van der Waals surface area contributed by atoms with Crippen molar-refractivity contribution in [3.8, 4) is 5.75 Å². The summed E-state index contributed by atoms with van der Waals surface area (Å²) in [5.41, 5.74) is 7.08. The summed E-state index contributed by atoms with van der Waals surface area (Å²) in [6.07, 6.45) is 0.506. The molecule has 3 rings (SSSR count). The van der Waals surface area contributed by atoms with Crippen molar-refractivity contribution >= 4 is 0 Å². The van der Waals surface area contributed by atoms with Gasteiger partial charge in [0.1, 0.15) is 5.75 Å². The number of para-hydroxylation sites is 1. The first-order valence-electron chi connectivity index (χ1n) is 6.69. The van der Waals surface area contributed by atoms with Crippen molar-refractivity contribution in [2.24, 2.45) is 5.73 Å². The quantitative estimate of drug-likeness (QED) is 0.895. The van der Waals surface area contributed by atoms with Gasteiger partial charge in [0.15, 0.2) is 11.9 Å². The van der Waals surface area contributed by atoms with E-state index < -0.39 is 0 Å². The van der Waals surface area contributed by atoms with Crippen LogP contribution in [0.3, 0.4) is 0 Å². The molecule has 0 amide bonds. The summed E-state index contributed by atoms with van der Waals surface area (Å²) in [6.45, 7) is 2.90. The molecule has 0 saturated carbocycles. The van der Waals surface area contributed by atoms with Crippen molar-refractivity contribution in [2.75, 3.05) is 13.2 Å². The third-order valence-corrected chi connectivity index (χ3v) is 3.21. The molecule has 0 radical (unpaired) electrons. The molecule has 2 heterocycles. The highest BCUT2D eigenvalue weighted by atomic mass is 16.5. The molecule has 1 aromatic carbocycles. The normalized spacial score (nSPS) is 18.6. The van der Waals surface area contributed by atoms with E-state index in [1.54, 1.807) is 0 Å². The van der Waals surface area contributed by atoms with Crippen molar-refractivity contribution in [1.82, 2.24) is 10.1 Å². The minimum Gasteiger partial charge on any atom is -0.480 e. The average molecular weight is 275 g/mol. The van der Waals surface area contributed by atoms with Gasteiger partial charge >= 0.3 is 0 Å². The molecular weight excluding hydrogens is 258 g/mol. The maximum Gasteiger partial charge on any atom is 0.268 e.